The molecule has 2 aromatic rings. The zero-order valence-electron chi connectivity index (χ0n) is 18.0. The van der Waals surface area contributed by atoms with Gasteiger partial charge in [0.15, 0.2) is 0 Å². The monoisotopic (exact) mass is 438 g/mol. The Hall–Kier alpha value is -3.55. The molecule has 0 spiro atoms. The van der Waals surface area contributed by atoms with Crippen LogP contribution in [0.2, 0.25) is 0 Å². The zero-order valence-corrected chi connectivity index (χ0v) is 18.0. The van der Waals surface area contributed by atoms with Crippen molar-refractivity contribution in [3.8, 4) is 11.1 Å². The largest absolute Gasteiger partial charge is 0.480 e. The summed E-state index contributed by atoms with van der Waals surface area (Å²) in [7, 11) is 1.44. The molecule has 0 aromatic heterocycles. The number of aliphatic carboxylic acids is 1. The second-order valence-corrected chi connectivity index (χ2v) is 8.03. The molecule has 0 saturated carbocycles. The molecule has 1 aliphatic rings. The number of carbonyl (C=O) groups is 2. The van der Waals surface area contributed by atoms with Crippen LogP contribution in [-0.2, 0) is 14.3 Å². The Balaban J connectivity index is 1.72. The van der Waals surface area contributed by atoms with Gasteiger partial charge < -0.3 is 19.9 Å². The zero-order chi connectivity index (χ0) is 23.1. The number of fused-ring (bicyclic) bond motifs is 3. The summed E-state index contributed by atoms with van der Waals surface area (Å²) in [5.41, 5.74) is 11.9. The highest BCUT2D eigenvalue weighted by molar-refractivity contribution is 5.81. The van der Waals surface area contributed by atoms with E-state index in [1.165, 1.54) is 7.11 Å². The number of alkyl carbamates (subject to hydrolysis) is 1. The normalized spacial score (nSPS) is 14.9. The molecule has 1 amide bonds. The van der Waals surface area contributed by atoms with Gasteiger partial charge >= 0.3 is 12.1 Å². The van der Waals surface area contributed by atoms with Crippen LogP contribution < -0.4 is 5.32 Å². The van der Waals surface area contributed by atoms with Crippen molar-refractivity contribution in [3.63, 3.8) is 0 Å². The third-order valence-corrected chi connectivity index (χ3v) is 5.87. The van der Waals surface area contributed by atoms with Gasteiger partial charge in [0.05, 0.1) is 6.61 Å². The van der Waals surface area contributed by atoms with Crippen molar-refractivity contribution in [3.05, 3.63) is 70.1 Å². The highest BCUT2D eigenvalue weighted by atomic mass is 16.5. The molecule has 0 unspecified atom stereocenters. The minimum atomic E-state index is -1.29. The molecule has 0 radical (unpaired) electrons. The molecular formula is C23H26N4O5. The Kier molecular flexibility index (Phi) is 7.35. The van der Waals surface area contributed by atoms with Gasteiger partial charge in [-0.2, -0.15) is 0 Å². The Morgan fingerprint density at radius 1 is 1.19 bits per heavy atom. The van der Waals surface area contributed by atoms with Crippen LogP contribution >= 0.6 is 0 Å². The summed E-state index contributed by atoms with van der Waals surface area (Å²) in [6.45, 7) is 1.86. The number of hydrogen-bond acceptors (Lipinski definition) is 5. The fourth-order valence-electron chi connectivity index (χ4n) is 4.27. The maximum atomic E-state index is 12.6. The van der Waals surface area contributed by atoms with E-state index in [1.54, 1.807) is 6.92 Å². The number of carbonyl (C=O) groups excluding carboxylic acids is 1. The number of carboxylic acid groups (broad SMARTS) is 1. The highest BCUT2D eigenvalue weighted by Gasteiger charge is 2.41. The second kappa shape index (κ2) is 10.2. The number of benzene rings is 2. The third-order valence-electron chi connectivity index (χ3n) is 5.87. The minimum absolute atomic E-state index is 0.0502. The number of methoxy groups -OCH3 is 1. The van der Waals surface area contributed by atoms with Crippen LogP contribution in [0.15, 0.2) is 53.6 Å². The maximum Gasteiger partial charge on any atom is 0.407 e. The number of ether oxygens (including phenoxy) is 2. The average molecular weight is 438 g/mol. The van der Waals surface area contributed by atoms with Crippen molar-refractivity contribution in [1.82, 2.24) is 5.32 Å². The van der Waals surface area contributed by atoms with E-state index in [0.29, 0.717) is 0 Å². The molecule has 2 N–H and O–H groups in total. The molecule has 2 atom stereocenters. The van der Waals surface area contributed by atoms with Crippen LogP contribution in [0.4, 0.5) is 4.79 Å². The molecular weight excluding hydrogens is 412 g/mol. The molecule has 2 aromatic carbocycles. The van der Waals surface area contributed by atoms with Crippen molar-refractivity contribution in [2.24, 2.45) is 10.5 Å². The molecule has 1 aliphatic carbocycles. The van der Waals surface area contributed by atoms with E-state index in [9.17, 15) is 14.7 Å². The van der Waals surface area contributed by atoms with E-state index >= 15 is 0 Å². The standard InChI is InChI=1S/C23H26N4O5/c1-23(14-31-2,11-12-25-27-24)20(21(28)29)26-22(30)32-13-19-17-9-5-3-7-15(17)16-8-4-6-10-18(16)19/h3-10,19-20H,11-14H2,1-2H3,(H,26,30)(H,28,29)/t20-,23-/m0/s1. The lowest BCUT2D eigenvalue weighted by Crippen LogP contribution is -2.53. The summed E-state index contributed by atoms with van der Waals surface area (Å²) < 4.78 is 10.7. The van der Waals surface area contributed by atoms with Crippen LogP contribution in [0.1, 0.15) is 30.4 Å². The summed E-state index contributed by atoms with van der Waals surface area (Å²) >= 11 is 0. The van der Waals surface area contributed by atoms with Crippen LogP contribution in [-0.4, -0.2) is 50.1 Å². The summed E-state index contributed by atoms with van der Waals surface area (Å²) in [5, 5.41) is 15.7. The molecule has 0 fully saturated rings. The third kappa shape index (κ3) is 4.85. The Labute approximate surface area is 186 Å². The number of nitrogens with zero attached hydrogens (tertiary/aromatic N) is 3. The number of carboxylic acids is 1. The molecule has 9 heteroatoms. The number of amides is 1. The van der Waals surface area contributed by atoms with Gasteiger partial charge in [-0.05, 0) is 34.2 Å². The van der Waals surface area contributed by atoms with Gasteiger partial charge in [-0.1, -0.05) is 60.6 Å². The first-order valence-electron chi connectivity index (χ1n) is 10.3. The van der Waals surface area contributed by atoms with E-state index in [1.807, 2.05) is 48.5 Å². The van der Waals surface area contributed by atoms with Gasteiger partial charge in [0.1, 0.15) is 12.6 Å². The number of azide groups is 1. The van der Waals surface area contributed by atoms with Crippen LogP contribution in [0, 0.1) is 5.41 Å². The number of nitrogens with one attached hydrogen (secondary N) is 1. The maximum absolute atomic E-state index is 12.6. The number of rotatable bonds is 10. The molecule has 0 aliphatic heterocycles. The predicted octanol–water partition coefficient (Wildman–Crippen LogP) is 4.33. The molecule has 0 bridgehead atoms. The molecule has 0 heterocycles. The van der Waals surface area contributed by atoms with Gasteiger partial charge in [0.25, 0.3) is 0 Å². The van der Waals surface area contributed by atoms with Crippen LogP contribution in [0.3, 0.4) is 0 Å². The molecule has 32 heavy (non-hydrogen) atoms. The van der Waals surface area contributed by atoms with Gasteiger partial charge in [-0.3, -0.25) is 0 Å². The van der Waals surface area contributed by atoms with Crippen LogP contribution in [0.25, 0.3) is 21.6 Å². The van der Waals surface area contributed by atoms with Crippen molar-refractivity contribution in [2.45, 2.75) is 25.3 Å². The van der Waals surface area contributed by atoms with Gasteiger partial charge in [0, 0.05) is 29.9 Å². The van der Waals surface area contributed by atoms with E-state index < -0.39 is 23.5 Å². The first-order valence-corrected chi connectivity index (χ1v) is 10.3. The van der Waals surface area contributed by atoms with E-state index in [-0.39, 0.29) is 32.1 Å². The first-order chi connectivity index (χ1) is 15.4. The van der Waals surface area contributed by atoms with Crippen molar-refractivity contribution < 1.29 is 24.2 Å². The lowest BCUT2D eigenvalue weighted by atomic mass is 9.79. The highest BCUT2D eigenvalue weighted by Crippen LogP contribution is 2.44. The lowest BCUT2D eigenvalue weighted by Gasteiger charge is -2.34. The summed E-state index contributed by atoms with van der Waals surface area (Å²) in [4.78, 5) is 27.2. The lowest BCUT2D eigenvalue weighted by molar-refractivity contribution is -0.144. The Morgan fingerprint density at radius 2 is 1.78 bits per heavy atom. The predicted molar refractivity (Wildman–Crippen MR) is 118 cm³/mol. The number of hydrogen-bond donors (Lipinski definition) is 2. The Morgan fingerprint density at radius 3 is 2.31 bits per heavy atom. The van der Waals surface area contributed by atoms with E-state index in [2.05, 4.69) is 15.3 Å². The fraction of sp³-hybridized carbons (Fsp3) is 0.391. The van der Waals surface area contributed by atoms with Gasteiger partial charge in [-0.15, -0.1) is 0 Å². The van der Waals surface area contributed by atoms with E-state index in [4.69, 9.17) is 15.0 Å². The summed E-state index contributed by atoms with van der Waals surface area (Å²) in [6.07, 6.45) is -0.615. The minimum Gasteiger partial charge on any atom is -0.480 e. The molecule has 168 valence electrons. The smallest absolute Gasteiger partial charge is 0.407 e. The van der Waals surface area contributed by atoms with Gasteiger partial charge in [-0.25, -0.2) is 9.59 Å². The average Bonchev–Trinajstić information content (AvgIpc) is 3.10. The van der Waals surface area contributed by atoms with E-state index in [0.717, 1.165) is 22.3 Å². The summed E-state index contributed by atoms with van der Waals surface area (Å²) in [5.74, 6) is -1.36. The van der Waals surface area contributed by atoms with Crippen molar-refractivity contribution >= 4 is 12.1 Å². The van der Waals surface area contributed by atoms with Crippen molar-refractivity contribution in [1.29, 1.82) is 0 Å². The second-order valence-electron chi connectivity index (χ2n) is 8.03. The first kappa shape index (κ1) is 23.1. The molecule has 3 rings (SSSR count). The molecule has 0 saturated heterocycles. The SMILES string of the molecule is COC[C@](C)(CCN=[N+]=[N-])[C@@H](NC(=O)OCC1c2ccccc2-c2ccccc21)C(=O)O. The fourth-order valence-corrected chi connectivity index (χ4v) is 4.27. The topological polar surface area (TPSA) is 134 Å². The molecule has 9 nitrogen and oxygen atoms in total. The van der Waals surface area contributed by atoms with Crippen molar-refractivity contribution in [2.75, 3.05) is 26.9 Å². The summed E-state index contributed by atoms with van der Waals surface area (Å²) in [6, 6.07) is 14.6. The van der Waals surface area contributed by atoms with Gasteiger partial charge in [0.2, 0.25) is 0 Å². The van der Waals surface area contributed by atoms with Crippen LogP contribution in [0.5, 0.6) is 0 Å². The Bertz CT molecular complexity index is 991. The quantitative estimate of drug-likeness (QED) is 0.323.